The first-order chi connectivity index (χ1) is 7.80. The minimum absolute atomic E-state index is 0.201. The summed E-state index contributed by atoms with van der Waals surface area (Å²) >= 11 is 4.07. The van der Waals surface area contributed by atoms with E-state index >= 15 is 0 Å². The Labute approximate surface area is 124 Å². The van der Waals surface area contributed by atoms with Gasteiger partial charge in [-0.25, -0.2) is 0 Å². The molecule has 0 aromatic carbocycles. The van der Waals surface area contributed by atoms with Crippen LogP contribution in [0, 0.1) is 0 Å². The highest BCUT2D eigenvalue weighted by Gasteiger charge is 2.39. The molecular weight excluding hydrogens is 304 g/mol. The Bertz CT molecular complexity index is 228. The van der Waals surface area contributed by atoms with E-state index in [1.165, 1.54) is 0 Å². The van der Waals surface area contributed by atoms with Crippen LogP contribution in [0.3, 0.4) is 0 Å². The molecule has 0 fully saturated rings. The van der Waals surface area contributed by atoms with Crippen molar-refractivity contribution < 1.29 is 0 Å². The van der Waals surface area contributed by atoms with Gasteiger partial charge in [0.2, 0.25) is 0 Å². The van der Waals surface area contributed by atoms with Crippen LogP contribution in [0.1, 0.15) is 69.2 Å². The number of hydrogen-bond acceptors (Lipinski definition) is 2. The highest BCUT2D eigenvalue weighted by molar-refractivity contribution is 9.24. The number of halogens is 1. The maximum atomic E-state index is 4.07. The average molecular weight is 337 g/mol. The van der Waals surface area contributed by atoms with E-state index in [2.05, 4.69) is 93.7 Å². The molecule has 0 atom stereocenters. The molecule has 0 aromatic rings. The molecule has 0 bridgehead atoms. The summed E-state index contributed by atoms with van der Waals surface area (Å²) in [7, 11) is -1.32. The molecule has 0 unspecified atom stereocenters. The van der Waals surface area contributed by atoms with E-state index < -0.39 is 7.74 Å². The third-order valence-electron chi connectivity index (χ3n) is 3.12. The van der Waals surface area contributed by atoms with Crippen molar-refractivity contribution in [3.63, 3.8) is 0 Å². The molecule has 2 nitrogen and oxygen atoms in total. The van der Waals surface area contributed by atoms with E-state index in [0.29, 0.717) is 12.1 Å². The topological polar surface area (TPSA) is 6.48 Å². The van der Waals surface area contributed by atoms with Gasteiger partial charge in [-0.2, -0.15) is 0 Å². The minimum atomic E-state index is -1.32. The Kier molecular flexibility index (Phi) is 6.60. The summed E-state index contributed by atoms with van der Waals surface area (Å²) in [5.41, 5.74) is 0.403. The van der Waals surface area contributed by atoms with Gasteiger partial charge in [-0.05, 0) is 53.6 Å². The van der Waals surface area contributed by atoms with Gasteiger partial charge in [0.25, 0.3) is 7.74 Å². The molecule has 110 valence electrons. The molecule has 0 aromatic heterocycles. The minimum Gasteiger partial charge on any atom is -0.299 e. The predicted octanol–water partition coefficient (Wildman–Crippen LogP) is 4.12. The molecule has 0 rings (SSSR count). The molecule has 4 heteroatoms. The van der Waals surface area contributed by atoms with Crippen molar-refractivity contribution in [1.29, 1.82) is 0 Å². The maximum Gasteiger partial charge on any atom is 0.265 e. The average Bonchev–Trinajstić information content (AvgIpc) is 1.93. The molecule has 0 amide bonds. The summed E-state index contributed by atoms with van der Waals surface area (Å²) in [5.74, 6) is 0. The summed E-state index contributed by atoms with van der Waals surface area (Å²) in [5, 5.41) is 0. The molecule has 0 radical (unpaired) electrons. The molecule has 0 aliphatic heterocycles. The fourth-order valence-electron chi connectivity index (χ4n) is 2.81. The summed E-state index contributed by atoms with van der Waals surface area (Å²) in [6, 6.07) is 1.12. The van der Waals surface area contributed by atoms with E-state index in [9.17, 15) is 0 Å². The van der Waals surface area contributed by atoms with Crippen LogP contribution in [0.2, 0.25) is 0 Å². The first kappa shape index (κ1) is 18.6. The van der Waals surface area contributed by atoms with Gasteiger partial charge in [0.15, 0.2) is 0 Å². The lowest BCUT2D eigenvalue weighted by atomic mass is 10.1. The third-order valence-corrected chi connectivity index (χ3v) is 9.43. The lowest BCUT2D eigenvalue weighted by Crippen LogP contribution is -2.64. The van der Waals surface area contributed by atoms with Crippen molar-refractivity contribution in [1.82, 2.24) is 9.13 Å². The summed E-state index contributed by atoms with van der Waals surface area (Å²) in [6.45, 7) is 23.1. The summed E-state index contributed by atoms with van der Waals surface area (Å²) < 4.78 is 5.33. The van der Waals surface area contributed by atoms with Gasteiger partial charge in [-0.15, -0.1) is 0 Å². The third kappa shape index (κ3) is 4.95. The molecule has 0 saturated carbocycles. The molecule has 0 N–H and O–H groups in total. The van der Waals surface area contributed by atoms with Crippen molar-refractivity contribution in [3.8, 4) is 0 Å². The number of hydrogen-bond donors (Lipinski definition) is 0. The van der Waals surface area contributed by atoms with Gasteiger partial charge < -0.3 is 0 Å². The number of rotatable bonds is 4. The van der Waals surface area contributed by atoms with Gasteiger partial charge in [-0.3, -0.25) is 9.13 Å². The Balaban J connectivity index is 5.35. The molecule has 0 aliphatic rings. The van der Waals surface area contributed by atoms with Crippen LogP contribution < -0.4 is 0 Å². The van der Waals surface area contributed by atoms with Gasteiger partial charge in [-0.1, -0.05) is 43.0 Å². The monoisotopic (exact) mass is 336 g/mol. The second-order valence-corrected chi connectivity index (χ2v) is 11.8. The van der Waals surface area contributed by atoms with Crippen LogP contribution in [0.25, 0.3) is 0 Å². The van der Waals surface area contributed by atoms with Crippen LogP contribution in [0.4, 0.5) is 0 Å². The SMILES string of the molecule is CC(C)N([SiH](Br)N(C(C)C)C(C)(C)C)C(C)(C)C. The Morgan fingerprint density at radius 3 is 1.06 bits per heavy atom. The largest absolute Gasteiger partial charge is 0.299 e. The normalized spacial score (nSPS) is 14.7. The first-order valence-corrected chi connectivity index (χ1v) is 11.2. The molecule has 0 saturated heterocycles. The fraction of sp³-hybridized carbons (Fsp3) is 1.00. The molecule has 0 aliphatic carbocycles. The smallest absolute Gasteiger partial charge is 0.265 e. The zero-order valence-corrected chi connectivity index (χ0v) is 16.7. The summed E-state index contributed by atoms with van der Waals surface area (Å²) in [6.07, 6.45) is 0. The first-order valence-electron chi connectivity index (χ1n) is 7.01. The zero-order chi connectivity index (χ0) is 14.9. The molecule has 0 heterocycles. The number of nitrogens with zero attached hydrogens (tertiary/aromatic N) is 2. The Morgan fingerprint density at radius 1 is 0.722 bits per heavy atom. The molecule has 0 spiro atoms. The van der Waals surface area contributed by atoms with Crippen molar-refractivity contribution in [2.45, 2.75) is 92.4 Å². The lowest BCUT2D eigenvalue weighted by Gasteiger charge is -2.51. The van der Waals surface area contributed by atoms with Crippen molar-refractivity contribution in [3.05, 3.63) is 0 Å². The highest BCUT2D eigenvalue weighted by Crippen LogP contribution is 2.29. The van der Waals surface area contributed by atoms with E-state index in [1.54, 1.807) is 0 Å². The second-order valence-electron chi connectivity index (χ2n) is 7.65. The van der Waals surface area contributed by atoms with Crippen molar-refractivity contribution >= 4 is 23.0 Å². The molecule has 18 heavy (non-hydrogen) atoms. The quantitative estimate of drug-likeness (QED) is 0.562. The van der Waals surface area contributed by atoms with E-state index in [0.717, 1.165) is 0 Å². The predicted molar refractivity (Wildman–Crippen MR) is 89.5 cm³/mol. The second kappa shape index (κ2) is 6.38. The van der Waals surface area contributed by atoms with E-state index in [4.69, 9.17) is 0 Å². The van der Waals surface area contributed by atoms with Crippen LogP contribution in [-0.4, -0.2) is 40.0 Å². The van der Waals surface area contributed by atoms with E-state index in [1.807, 2.05) is 0 Å². The van der Waals surface area contributed by atoms with Gasteiger partial charge in [0.1, 0.15) is 0 Å². The van der Waals surface area contributed by atoms with Crippen LogP contribution in [0.5, 0.6) is 0 Å². The standard InChI is InChI=1S/C14H33BrN2Si/c1-11(2)16(13(5,6)7)18(15)17(12(3)4)14(8,9)10/h11-12,18H,1-10H3. The summed E-state index contributed by atoms with van der Waals surface area (Å²) in [4.78, 5) is 0. The lowest BCUT2D eigenvalue weighted by molar-refractivity contribution is 0.144. The van der Waals surface area contributed by atoms with Crippen molar-refractivity contribution in [2.75, 3.05) is 0 Å². The maximum absolute atomic E-state index is 4.07. The Hall–Kier alpha value is 0.617. The fourth-order valence-corrected chi connectivity index (χ4v) is 11.9. The van der Waals surface area contributed by atoms with Crippen LogP contribution in [-0.2, 0) is 0 Å². The van der Waals surface area contributed by atoms with Gasteiger partial charge in [0.05, 0.1) is 0 Å². The Morgan fingerprint density at radius 2 is 0.944 bits per heavy atom. The molecular formula is C14H33BrN2Si. The van der Waals surface area contributed by atoms with Gasteiger partial charge in [0, 0.05) is 11.1 Å². The highest BCUT2D eigenvalue weighted by atomic mass is 79.9. The van der Waals surface area contributed by atoms with Crippen LogP contribution in [0.15, 0.2) is 0 Å². The zero-order valence-electron chi connectivity index (χ0n) is 14.0. The van der Waals surface area contributed by atoms with Gasteiger partial charge >= 0.3 is 0 Å². The van der Waals surface area contributed by atoms with Crippen LogP contribution >= 0.6 is 15.3 Å². The van der Waals surface area contributed by atoms with Crippen molar-refractivity contribution in [2.24, 2.45) is 0 Å². The van der Waals surface area contributed by atoms with E-state index in [-0.39, 0.29) is 11.1 Å².